The Morgan fingerprint density at radius 2 is 2.19 bits per heavy atom. The van der Waals surface area contributed by atoms with Crippen LogP contribution in [-0.4, -0.2) is 49.4 Å². The average Bonchev–Trinajstić information content (AvgIpc) is 2.65. The highest BCUT2D eigenvalue weighted by Crippen LogP contribution is 2.23. The maximum Gasteiger partial charge on any atom is 0.246 e. The number of hydrogen-bond donors (Lipinski definition) is 0. The van der Waals surface area contributed by atoms with Crippen molar-refractivity contribution in [2.24, 2.45) is 11.8 Å². The number of rotatable bonds is 4. The topological polar surface area (TPSA) is 23.6 Å². The van der Waals surface area contributed by atoms with Gasteiger partial charge in [0, 0.05) is 25.7 Å². The summed E-state index contributed by atoms with van der Waals surface area (Å²) < 4.78 is 0. The Labute approximate surface area is 99.1 Å². The maximum absolute atomic E-state index is 11.8. The Hall–Kier alpha value is -0.830. The molecule has 0 aromatic rings. The van der Waals surface area contributed by atoms with Crippen LogP contribution in [0.15, 0.2) is 12.2 Å². The van der Waals surface area contributed by atoms with E-state index in [4.69, 9.17) is 0 Å². The average molecular weight is 224 g/mol. The van der Waals surface area contributed by atoms with Crippen LogP contribution < -0.4 is 0 Å². The molecular formula is C13H24N2O. The van der Waals surface area contributed by atoms with E-state index in [1.807, 2.05) is 30.0 Å². The third-order valence-electron chi connectivity index (χ3n) is 3.21. The largest absolute Gasteiger partial charge is 0.339 e. The summed E-state index contributed by atoms with van der Waals surface area (Å²) in [7, 11) is 4.00. The molecule has 1 saturated heterocycles. The second kappa shape index (κ2) is 6.04. The van der Waals surface area contributed by atoms with Gasteiger partial charge >= 0.3 is 0 Å². The number of nitrogens with zero attached hydrogens (tertiary/aromatic N) is 2. The van der Waals surface area contributed by atoms with Crippen LogP contribution in [0.5, 0.6) is 0 Å². The van der Waals surface area contributed by atoms with Gasteiger partial charge in [0.2, 0.25) is 5.91 Å². The lowest BCUT2D eigenvalue weighted by Crippen LogP contribution is -2.27. The molecule has 3 nitrogen and oxygen atoms in total. The van der Waals surface area contributed by atoms with Crippen molar-refractivity contribution in [1.29, 1.82) is 0 Å². The third-order valence-corrected chi connectivity index (χ3v) is 3.21. The monoisotopic (exact) mass is 224 g/mol. The number of carbonyl (C=O) groups is 1. The van der Waals surface area contributed by atoms with Crippen LogP contribution in [0.4, 0.5) is 0 Å². The molecule has 0 radical (unpaired) electrons. The summed E-state index contributed by atoms with van der Waals surface area (Å²) in [6, 6.07) is 0. The lowest BCUT2D eigenvalue weighted by molar-refractivity contribution is -0.125. The Balaban J connectivity index is 2.36. The van der Waals surface area contributed by atoms with E-state index in [-0.39, 0.29) is 5.91 Å². The van der Waals surface area contributed by atoms with Crippen LogP contribution >= 0.6 is 0 Å². The zero-order valence-electron chi connectivity index (χ0n) is 10.9. The highest BCUT2D eigenvalue weighted by molar-refractivity contribution is 5.87. The van der Waals surface area contributed by atoms with E-state index in [1.54, 1.807) is 6.08 Å². The van der Waals surface area contributed by atoms with Gasteiger partial charge in [-0.05, 0) is 32.4 Å². The molecule has 1 heterocycles. The van der Waals surface area contributed by atoms with Gasteiger partial charge in [0.25, 0.3) is 0 Å². The molecule has 1 rings (SSSR count). The predicted octanol–water partition coefficient (Wildman–Crippen LogP) is 1.61. The molecule has 1 aliphatic rings. The van der Waals surface area contributed by atoms with Crippen molar-refractivity contribution < 1.29 is 4.79 Å². The van der Waals surface area contributed by atoms with Crippen LogP contribution in [-0.2, 0) is 4.79 Å². The third kappa shape index (κ3) is 3.97. The molecular weight excluding hydrogens is 200 g/mol. The summed E-state index contributed by atoms with van der Waals surface area (Å²) in [5.41, 5.74) is 0. The van der Waals surface area contributed by atoms with Gasteiger partial charge in [-0.2, -0.15) is 0 Å². The minimum absolute atomic E-state index is 0.171. The van der Waals surface area contributed by atoms with Crippen LogP contribution in [0.3, 0.4) is 0 Å². The van der Waals surface area contributed by atoms with Gasteiger partial charge in [0.1, 0.15) is 0 Å². The van der Waals surface area contributed by atoms with Crippen molar-refractivity contribution in [1.82, 2.24) is 9.80 Å². The molecule has 1 fully saturated rings. The highest BCUT2D eigenvalue weighted by Gasteiger charge is 2.26. The molecule has 1 unspecified atom stereocenters. The number of carbonyl (C=O) groups excluding carboxylic acids is 1. The van der Waals surface area contributed by atoms with Gasteiger partial charge in [-0.15, -0.1) is 0 Å². The quantitative estimate of drug-likeness (QED) is 0.677. The van der Waals surface area contributed by atoms with Crippen molar-refractivity contribution in [2.75, 3.05) is 33.7 Å². The number of amides is 1. The second-order valence-electron chi connectivity index (χ2n) is 5.24. The van der Waals surface area contributed by atoms with E-state index in [9.17, 15) is 4.79 Å². The first-order chi connectivity index (χ1) is 7.50. The fraction of sp³-hybridized carbons (Fsp3) is 0.769. The fourth-order valence-corrected chi connectivity index (χ4v) is 2.00. The van der Waals surface area contributed by atoms with Gasteiger partial charge in [-0.25, -0.2) is 0 Å². The number of likely N-dealkylation sites (N-methyl/N-ethyl adjacent to an activating group) is 1. The van der Waals surface area contributed by atoms with E-state index < -0.39 is 0 Å². The minimum atomic E-state index is 0.171. The molecule has 1 atom stereocenters. The molecule has 0 aromatic carbocycles. The van der Waals surface area contributed by atoms with Crippen molar-refractivity contribution >= 4 is 5.91 Å². The van der Waals surface area contributed by atoms with Gasteiger partial charge in [0.05, 0.1) is 0 Å². The van der Waals surface area contributed by atoms with Gasteiger partial charge < -0.3 is 9.80 Å². The molecule has 0 aromatic heterocycles. The first kappa shape index (κ1) is 13.2. The smallest absolute Gasteiger partial charge is 0.246 e. The number of hydrogen-bond acceptors (Lipinski definition) is 2. The van der Waals surface area contributed by atoms with Crippen LogP contribution in [0.25, 0.3) is 0 Å². The van der Waals surface area contributed by atoms with E-state index >= 15 is 0 Å². The second-order valence-corrected chi connectivity index (χ2v) is 5.24. The summed E-state index contributed by atoms with van der Waals surface area (Å²) in [5, 5.41) is 0. The SMILES string of the molecule is CC(C)C1CCN(C(=O)/C=C/CN(C)C)C1. The van der Waals surface area contributed by atoms with Crippen LogP contribution in [0.2, 0.25) is 0 Å². The first-order valence-corrected chi connectivity index (χ1v) is 6.11. The van der Waals surface area contributed by atoms with Crippen molar-refractivity contribution in [3.05, 3.63) is 12.2 Å². The van der Waals surface area contributed by atoms with Gasteiger partial charge in [0.15, 0.2) is 0 Å². The van der Waals surface area contributed by atoms with Gasteiger partial charge in [-0.3, -0.25) is 4.79 Å². The molecule has 16 heavy (non-hydrogen) atoms. The Bertz CT molecular complexity index is 259. The maximum atomic E-state index is 11.8. The lowest BCUT2D eigenvalue weighted by Gasteiger charge is -2.16. The van der Waals surface area contributed by atoms with E-state index in [0.29, 0.717) is 11.8 Å². The molecule has 0 bridgehead atoms. The van der Waals surface area contributed by atoms with Crippen molar-refractivity contribution in [2.45, 2.75) is 20.3 Å². The Kier molecular flexibility index (Phi) is 5.00. The standard InChI is InChI=1S/C13H24N2O/c1-11(2)12-7-9-15(10-12)13(16)6-5-8-14(3)4/h5-6,11-12H,7-10H2,1-4H3/b6-5+. The predicted molar refractivity (Wildman–Crippen MR) is 67.2 cm³/mol. The van der Waals surface area contributed by atoms with Crippen molar-refractivity contribution in [3.63, 3.8) is 0 Å². The summed E-state index contributed by atoms with van der Waals surface area (Å²) in [6.45, 7) is 7.16. The molecule has 0 spiro atoms. The molecule has 92 valence electrons. The summed E-state index contributed by atoms with van der Waals surface area (Å²) in [6.07, 6.45) is 4.80. The molecule has 0 N–H and O–H groups in total. The van der Waals surface area contributed by atoms with Crippen molar-refractivity contribution in [3.8, 4) is 0 Å². The van der Waals surface area contributed by atoms with E-state index in [0.717, 1.165) is 26.1 Å². The van der Waals surface area contributed by atoms with Crippen LogP contribution in [0.1, 0.15) is 20.3 Å². The molecule has 0 aliphatic carbocycles. The minimum Gasteiger partial charge on any atom is -0.339 e. The number of likely N-dealkylation sites (tertiary alicyclic amines) is 1. The zero-order chi connectivity index (χ0) is 12.1. The fourth-order valence-electron chi connectivity index (χ4n) is 2.00. The Morgan fingerprint density at radius 3 is 2.69 bits per heavy atom. The molecule has 0 saturated carbocycles. The molecule has 3 heteroatoms. The van der Waals surface area contributed by atoms with E-state index in [1.165, 1.54) is 0 Å². The Morgan fingerprint density at radius 1 is 1.50 bits per heavy atom. The molecule has 1 amide bonds. The lowest BCUT2D eigenvalue weighted by atomic mass is 9.95. The first-order valence-electron chi connectivity index (χ1n) is 6.11. The summed E-state index contributed by atoms with van der Waals surface area (Å²) in [5.74, 6) is 1.54. The van der Waals surface area contributed by atoms with Gasteiger partial charge in [-0.1, -0.05) is 19.9 Å². The van der Waals surface area contributed by atoms with Crippen LogP contribution in [0, 0.1) is 11.8 Å². The normalized spacial score (nSPS) is 21.6. The van der Waals surface area contributed by atoms with E-state index in [2.05, 4.69) is 13.8 Å². The zero-order valence-corrected chi connectivity index (χ0v) is 10.9. The highest BCUT2D eigenvalue weighted by atomic mass is 16.2. The summed E-state index contributed by atoms with van der Waals surface area (Å²) in [4.78, 5) is 15.8. The molecule has 1 aliphatic heterocycles. The summed E-state index contributed by atoms with van der Waals surface area (Å²) >= 11 is 0.